The van der Waals surface area contributed by atoms with Crippen molar-refractivity contribution < 1.29 is 19.1 Å². The monoisotopic (exact) mass is 373 g/mol. The minimum Gasteiger partial charge on any atom is -0.480 e. The van der Waals surface area contributed by atoms with Gasteiger partial charge in [-0.3, -0.25) is 19.4 Å². The number of likely N-dealkylation sites (N-methyl/N-ethyl adjacent to an activating group) is 1. The van der Waals surface area contributed by atoms with Gasteiger partial charge in [0.2, 0.25) is 5.91 Å². The Morgan fingerprint density at radius 3 is 2.60 bits per heavy atom. The molecule has 0 atom stereocenters. The number of carbonyl (C=O) groups is 2. The summed E-state index contributed by atoms with van der Waals surface area (Å²) in [6, 6.07) is 6.07. The van der Waals surface area contributed by atoms with Gasteiger partial charge in [-0.05, 0) is 37.6 Å². The molecule has 0 radical (unpaired) electrons. The molecule has 0 aliphatic carbocycles. The quantitative estimate of drug-likeness (QED) is 0.765. The first-order valence-corrected chi connectivity index (χ1v) is 8.21. The second-order valence-electron chi connectivity index (χ2n) is 6.02. The Morgan fingerprint density at radius 2 is 2.04 bits per heavy atom. The van der Waals surface area contributed by atoms with Crippen LogP contribution < -0.4 is 5.32 Å². The van der Waals surface area contributed by atoms with Crippen LogP contribution in [0.3, 0.4) is 0 Å². The van der Waals surface area contributed by atoms with Crippen molar-refractivity contribution in [2.45, 2.75) is 25.8 Å². The van der Waals surface area contributed by atoms with Crippen LogP contribution in [0.1, 0.15) is 19.8 Å². The lowest BCUT2D eigenvalue weighted by atomic mass is 10.0. The molecule has 0 saturated carbocycles. The molecule has 2 N–H and O–H groups in total. The van der Waals surface area contributed by atoms with Gasteiger partial charge in [0.15, 0.2) is 0 Å². The normalized spacial score (nSPS) is 15.6. The van der Waals surface area contributed by atoms with E-state index in [4.69, 9.17) is 5.11 Å². The number of benzene rings is 1. The predicted octanol–water partition coefficient (Wildman–Crippen LogP) is 2.06. The van der Waals surface area contributed by atoms with Crippen LogP contribution >= 0.6 is 12.4 Å². The Kier molecular flexibility index (Phi) is 8.82. The molecular formula is C17H25ClFN3O3. The molecule has 1 saturated heterocycles. The predicted molar refractivity (Wildman–Crippen MR) is 96.6 cm³/mol. The molecule has 8 heteroatoms. The van der Waals surface area contributed by atoms with Gasteiger partial charge in [-0.25, -0.2) is 4.39 Å². The van der Waals surface area contributed by atoms with Gasteiger partial charge in [0, 0.05) is 24.8 Å². The molecule has 1 amide bonds. The number of amides is 1. The van der Waals surface area contributed by atoms with E-state index in [9.17, 15) is 14.0 Å². The van der Waals surface area contributed by atoms with Crippen LogP contribution in [0.5, 0.6) is 0 Å². The summed E-state index contributed by atoms with van der Waals surface area (Å²) in [7, 11) is 0. The van der Waals surface area contributed by atoms with Crippen molar-refractivity contribution in [1.82, 2.24) is 9.80 Å². The minimum absolute atomic E-state index is 0. The number of aliphatic carboxylic acids is 1. The number of rotatable bonds is 7. The van der Waals surface area contributed by atoms with E-state index < -0.39 is 5.97 Å². The Bertz CT molecular complexity index is 580. The van der Waals surface area contributed by atoms with Crippen molar-refractivity contribution >= 4 is 30.0 Å². The Hall–Kier alpha value is -1.70. The van der Waals surface area contributed by atoms with Crippen LogP contribution in [0.25, 0.3) is 0 Å². The highest BCUT2D eigenvalue weighted by atomic mass is 35.5. The molecule has 6 nitrogen and oxygen atoms in total. The summed E-state index contributed by atoms with van der Waals surface area (Å²) in [5, 5.41) is 11.6. The third-order valence-corrected chi connectivity index (χ3v) is 4.29. The minimum atomic E-state index is -0.811. The summed E-state index contributed by atoms with van der Waals surface area (Å²) < 4.78 is 13.1. The van der Waals surface area contributed by atoms with E-state index in [0.29, 0.717) is 12.2 Å². The van der Waals surface area contributed by atoms with E-state index in [0.717, 1.165) is 25.9 Å². The fraction of sp³-hybridized carbons (Fsp3) is 0.529. The maximum atomic E-state index is 13.1. The Morgan fingerprint density at radius 1 is 1.36 bits per heavy atom. The van der Waals surface area contributed by atoms with E-state index in [1.807, 2.05) is 16.7 Å². The second-order valence-corrected chi connectivity index (χ2v) is 6.02. The van der Waals surface area contributed by atoms with Crippen LogP contribution in [0.4, 0.5) is 10.1 Å². The molecule has 0 aromatic heterocycles. The molecule has 1 heterocycles. The van der Waals surface area contributed by atoms with Gasteiger partial charge in [-0.1, -0.05) is 13.0 Å². The molecule has 1 aromatic carbocycles. The van der Waals surface area contributed by atoms with E-state index in [1.54, 1.807) is 12.1 Å². The smallest absolute Gasteiger partial charge is 0.317 e. The molecule has 0 spiro atoms. The summed E-state index contributed by atoms with van der Waals surface area (Å²) in [5.41, 5.74) is 0.452. The fourth-order valence-corrected chi connectivity index (χ4v) is 3.09. The molecule has 2 rings (SSSR count). The lowest BCUT2D eigenvalue weighted by Gasteiger charge is -2.37. The molecule has 1 fully saturated rings. The van der Waals surface area contributed by atoms with Gasteiger partial charge in [-0.15, -0.1) is 12.4 Å². The van der Waals surface area contributed by atoms with Crippen molar-refractivity contribution in [3.63, 3.8) is 0 Å². The van der Waals surface area contributed by atoms with E-state index in [-0.39, 0.29) is 43.3 Å². The maximum absolute atomic E-state index is 13.1. The van der Waals surface area contributed by atoms with Crippen LogP contribution in [-0.4, -0.2) is 65.5 Å². The summed E-state index contributed by atoms with van der Waals surface area (Å²) in [6.45, 7) is 4.48. The number of nitrogens with zero attached hydrogens (tertiary/aromatic N) is 2. The number of carbonyl (C=O) groups excluding carboxylic acids is 1. The number of carboxylic acids is 1. The SMILES string of the molecule is CCN(CC(=O)O)C1CCN(CC(=O)Nc2cccc(F)c2)CC1.Cl. The highest BCUT2D eigenvalue weighted by Crippen LogP contribution is 2.16. The third-order valence-electron chi connectivity index (χ3n) is 4.29. The molecule has 1 aliphatic heterocycles. The van der Waals surface area contributed by atoms with E-state index in [1.165, 1.54) is 12.1 Å². The largest absolute Gasteiger partial charge is 0.480 e. The van der Waals surface area contributed by atoms with Gasteiger partial charge in [-0.2, -0.15) is 0 Å². The zero-order valence-corrected chi connectivity index (χ0v) is 15.1. The number of nitrogens with one attached hydrogen (secondary N) is 1. The van der Waals surface area contributed by atoms with Gasteiger partial charge >= 0.3 is 5.97 Å². The second kappa shape index (κ2) is 10.3. The first-order valence-electron chi connectivity index (χ1n) is 8.21. The first-order chi connectivity index (χ1) is 11.5. The highest BCUT2D eigenvalue weighted by Gasteiger charge is 2.25. The fourth-order valence-electron chi connectivity index (χ4n) is 3.09. The van der Waals surface area contributed by atoms with Crippen molar-refractivity contribution in [2.75, 3.05) is 38.0 Å². The molecule has 0 bridgehead atoms. The number of likely N-dealkylation sites (tertiary alicyclic amines) is 1. The molecule has 25 heavy (non-hydrogen) atoms. The maximum Gasteiger partial charge on any atom is 0.317 e. The van der Waals surface area contributed by atoms with Crippen LogP contribution in [0.2, 0.25) is 0 Å². The van der Waals surface area contributed by atoms with Crippen LogP contribution in [0.15, 0.2) is 24.3 Å². The third kappa shape index (κ3) is 6.97. The molecule has 0 unspecified atom stereocenters. The summed E-state index contributed by atoms with van der Waals surface area (Å²) >= 11 is 0. The van der Waals surface area contributed by atoms with Gasteiger partial charge in [0.05, 0.1) is 13.1 Å². The van der Waals surface area contributed by atoms with Crippen molar-refractivity contribution in [3.05, 3.63) is 30.1 Å². The Balaban J connectivity index is 0.00000312. The lowest BCUT2D eigenvalue weighted by molar-refractivity contribution is -0.139. The summed E-state index contributed by atoms with van der Waals surface area (Å²) in [4.78, 5) is 26.9. The zero-order chi connectivity index (χ0) is 17.5. The van der Waals surface area contributed by atoms with Crippen LogP contribution in [0, 0.1) is 5.82 Å². The van der Waals surface area contributed by atoms with Crippen molar-refractivity contribution in [2.24, 2.45) is 0 Å². The number of piperidine rings is 1. The molecule has 1 aliphatic rings. The van der Waals surface area contributed by atoms with Crippen LogP contribution in [-0.2, 0) is 9.59 Å². The standard InChI is InChI=1S/C17H24FN3O3.ClH/c1-2-21(12-17(23)24)15-6-8-20(9-7-15)11-16(22)19-14-5-3-4-13(18)10-14;/h3-5,10,15H,2,6-9,11-12H2,1H3,(H,19,22)(H,23,24);1H. The Labute approximate surface area is 153 Å². The van der Waals surface area contributed by atoms with E-state index >= 15 is 0 Å². The van der Waals surface area contributed by atoms with Crippen molar-refractivity contribution in [3.8, 4) is 0 Å². The first kappa shape index (κ1) is 21.3. The zero-order valence-electron chi connectivity index (χ0n) is 14.3. The average molecular weight is 374 g/mol. The van der Waals surface area contributed by atoms with Gasteiger partial charge < -0.3 is 10.4 Å². The molecule has 1 aromatic rings. The summed E-state index contributed by atoms with van der Waals surface area (Å²) in [5.74, 6) is -1.36. The number of anilines is 1. The van der Waals surface area contributed by atoms with E-state index in [2.05, 4.69) is 5.32 Å². The van der Waals surface area contributed by atoms with Crippen molar-refractivity contribution in [1.29, 1.82) is 0 Å². The lowest BCUT2D eigenvalue weighted by Crippen LogP contribution is -2.48. The summed E-state index contributed by atoms with van der Waals surface area (Å²) in [6.07, 6.45) is 1.68. The number of hydrogen-bond donors (Lipinski definition) is 2. The molecular weight excluding hydrogens is 349 g/mol. The molecule has 140 valence electrons. The highest BCUT2D eigenvalue weighted by molar-refractivity contribution is 5.92. The number of hydrogen-bond acceptors (Lipinski definition) is 4. The number of carboxylic acid groups (broad SMARTS) is 1. The number of halogens is 2. The average Bonchev–Trinajstić information content (AvgIpc) is 2.53. The van der Waals surface area contributed by atoms with Gasteiger partial charge in [0.1, 0.15) is 5.82 Å². The van der Waals surface area contributed by atoms with Gasteiger partial charge in [0.25, 0.3) is 0 Å². The topological polar surface area (TPSA) is 72.9 Å².